The lowest BCUT2D eigenvalue weighted by Crippen LogP contribution is -2.54. The van der Waals surface area contributed by atoms with Crippen molar-refractivity contribution in [2.75, 3.05) is 0 Å². The van der Waals surface area contributed by atoms with Crippen LogP contribution in [0.2, 0.25) is 0 Å². The minimum Gasteiger partial charge on any atom is -0.389 e. The highest BCUT2D eigenvalue weighted by atomic mass is 16.3. The molecule has 0 heterocycles. The number of fused-ring (bicyclic) bond motifs is 5. The van der Waals surface area contributed by atoms with Gasteiger partial charge in [-0.25, -0.2) is 0 Å². The SMILES string of the molecule is C[C@]12CC[C@@H](O)C=C1CC(=O)[C@@H]1[C@@H]2CC[C@]2(C)C(=O)CC[C@@H]12. The first kappa shape index (κ1) is 14.6. The van der Waals surface area contributed by atoms with E-state index in [4.69, 9.17) is 0 Å². The Morgan fingerprint density at radius 2 is 1.73 bits per heavy atom. The maximum Gasteiger partial charge on any atom is 0.140 e. The molecular formula is C19H26O3. The van der Waals surface area contributed by atoms with Gasteiger partial charge in [0.2, 0.25) is 0 Å². The van der Waals surface area contributed by atoms with E-state index in [9.17, 15) is 14.7 Å². The predicted molar refractivity (Wildman–Crippen MR) is 83.1 cm³/mol. The van der Waals surface area contributed by atoms with Gasteiger partial charge in [0.1, 0.15) is 11.6 Å². The molecule has 0 aromatic carbocycles. The molecule has 3 heteroatoms. The number of allylic oxidation sites excluding steroid dienone is 1. The zero-order valence-corrected chi connectivity index (χ0v) is 13.6. The third-order valence-electron chi connectivity index (χ3n) is 7.62. The van der Waals surface area contributed by atoms with Gasteiger partial charge in [0, 0.05) is 24.2 Å². The zero-order valence-electron chi connectivity index (χ0n) is 13.6. The number of carbonyl (C=O) groups excluding carboxylic acids is 2. The third-order valence-corrected chi connectivity index (χ3v) is 7.62. The summed E-state index contributed by atoms with van der Waals surface area (Å²) in [7, 11) is 0. The zero-order chi connectivity index (χ0) is 15.7. The van der Waals surface area contributed by atoms with Crippen LogP contribution in [0.1, 0.15) is 58.8 Å². The molecule has 1 N–H and O–H groups in total. The lowest BCUT2D eigenvalue weighted by Gasteiger charge is -2.56. The highest BCUT2D eigenvalue weighted by Crippen LogP contribution is 2.63. The molecule has 4 aliphatic rings. The van der Waals surface area contributed by atoms with Crippen molar-refractivity contribution >= 4 is 11.6 Å². The monoisotopic (exact) mass is 302 g/mol. The van der Waals surface area contributed by atoms with E-state index in [-0.39, 0.29) is 28.8 Å². The Labute approximate surface area is 132 Å². The molecule has 0 saturated heterocycles. The molecule has 3 nitrogen and oxygen atoms in total. The largest absolute Gasteiger partial charge is 0.389 e. The molecule has 0 aromatic heterocycles. The van der Waals surface area contributed by atoms with Crippen molar-refractivity contribution in [1.82, 2.24) is 0 Å². The number of aliphatic hydroxyl groups excluding tert-OH is 1. The Morgan fingerprint density at radius 1 is 1.05 bits per heavy atom. The number of Topliss-reactive ketones (excluding diaryl/α,β-unsaturated/α-hetero) is 2. The van der Waals surface area contributed by atoms with Crippen LogP contribution in [0.5, 0.6) is 0 Å². The second kappa shape index (κ2) is 4.53. The number of hydrogen-bond donors (Lipinski definition) is 1. The van der Waals surface area contributed by atoms with Crippen LogP contribution in [0.3, 0.4) is 0 Å². The molecule has 0 unspecified atom stereocenters. The summed E-state index contributed by atoms with van der Waals surface area (Å²) in [6.07, 6.45) is 7.34. The van der Waals surface area contributed by atoms with Crippen LogP contribution in [-0.2, 0) is 9.59 Å². The molecule has 0 bridgehead atoms. The molecule has 0 amide bonds. The normalized spacial score (nSPS) is 51.0. The summed E-state index contributed by atoms with van der Waals surface area (Å²) < 4.78 is 0. The fourth-order valence-corrected chi connectivity index (χ4v) is 6.18. The van der Waals surface area contributed by atoms with Crippen LogP contribution in [0, 0.1) is 28.6 Å². The number of aliphatic hydroxyl groups is 1. The molecule has 120 valence electrons. The molecule has 22 heavy (non-hydrogen) atoms. The van der Waals surface area contributed by atoms with Crippen LogP contribution in [0.25, 0.3) is 0 Å². The third kappa shape index (κ3) is 1.72. The van der Waals surface area contributed by atoms with Crippen molar-refractivity contribution < 1.29 is 14.7 Å². The van der Waals surface area contributed by atoms with Gasteiger partial charge in [0.25, 0.3) is 0 Å². The number of hydrogen-bond acceptors (Lipinski definition) is 3. The van der Waals surface area contributed by atoms with Gasteiger partial charge in [-0.1, -0.05) is 25.5 Å². The Hall–Kier alpha value is -0.960. The summed E-state index contributed by atoms with van der Waals surface area (Å²) in [5.74, 6) is 1.42. The van der Waals surface area contributed by atoms with Gasteiger partial charge >= 0.3 is 0 Å². The lowest BCUT2D eigenvalue weighted by atomic mass is 9.47. The van der Waals surface area contributed by atoms with Crippen LogP contribution in [0.15, 0.2) is 11.6 Å². The number of rotatable bonds is 0. The van der Waals surface area contributed by atoms with Crippen molar-refractivity contribution in [3.8, 4) is 0 Å². The minimum atomic E-state index is -0.380. The summed E-state index contributed by atoms with van der Waals surface area (Å²) in [4.78, 5) is 25.3. The van der Waals surface area contributed by atoms with Crippen LogP contribution in [0.4, 0.5) is 0 Å². The number of carbonyl (C=O) groups is 2. The van der Waals surface area contributed by atoms with Crippen LogP contribution < -0.4 is 0 Å². The molecule has 6 atom stereocenters. The van der Waals surface area contributed by atoms with Crippen molar-refractivity contribution in [2.24, 2.45) is 28.6 Å². The maximum absolute atomic E-state index is 12.9. The molecule has 0 aliphatic heterocycles. The van der Waals surface area contributed by atoms with Crippen molar-refractivity contribution in [2.45, 2.75) is 64.9 Å². The molecule has 4 rings (SSSR count). The van der Waals surface area contributed by atoms with E-state index in [0.29, 0.717) is 30.3 Å². The molecule has 4 aliphatic carbocycles. The van der Waals surface area contributed by atoms with E-state index in [1.807, 2.05) is 6.08 Å². The van der Waals surface area contributed by atoms with Gasteiger partial charge < -0.3 is 5.11 Å². The molecule has 0 radical (unpaired) electrons. The smallest absolute Gasteiger partial charge is 0.140 e. The quantitative estimate of drug-likeness (QED) is 0.700. The number of ketones is 2. The van der Waals surface area contributed by atoms with Crippen molar-refractivity contribution in [1.29, 1.82) is 0 Å². The van der Waals surface area contributed by atoms with Crippen LogP contribution in [-0.4, -0.2) is 22.8 Å². The van der Waals surface area contributed by atoms with Gasteiger partial charge in [-0.2, -0.15) is 0 Å². The Kier molecular flexibility index (Phi) is 3.01. The molecule has 0 aromatic rings. The topological polar surface area (TPSA) is 54.4 Å². The van der Waals surface area contributed by atoms with E-state index >= 15 is 0 Å². The maximum atomic E-state index is 12.9. The summed E-state index contributed by atoms with van der Waals surface area (Å²) in [5, 5.41) is 9.94. The first-order valence-electron chi connectivity index (χ1n) is 8.81. The first-order chi connectivity index (χ1) is 10.4. The molecule has 3 saturated carbocycles. The van der Waals surface area contributed by atoms with E-state index in [2.05, 4.69) is 13.8 Å². The average Bonchev–Trinajstić information content (AvgIpc) is 2.77. The average molecular weight is 302 g/mol. The fraction of sp³-hybridized carbons (Fsp3) is 0.789. The minimum absolute atomic E-state index is 0.0603. The van der Waals surface area contributed by atoms with Gasteiger partial charge in [0.15, 0.2) is 0 Å². The van der Waals surface area contributed by atoms with Crippen molar-refractivity contribution in [3.05, 3.63) is 11.6 Å². The Morgan fingerprint density at radius 3 is 2.50 bits per heavy atom. The van der Waals surface area contributed by atoms with Gasteiger partial charge in [-0.05, 0) is 49.4 Å². The van der Waals surface area contributed by atoms with Gasteiger partial charge in [0.05, 0.1) is 6.10 Å². The molecular weight excluding hydrogens is 276 g/mol. The van der Waals surface area contributed by atoms with Gasteiger partial charge in [-0.3, -0.25) is 9.59 Å². The Balaban J connectivity index is 1.75. The fourth-order valence-electron chi connectivity index (χ4n) is 6.18. The van der Waals surface area contributed by atoms with E-state index in [1.165, 1.54) is 5.57 Å². The molecule has 0 spiro atoms. The Bertz CT molecular complexity index is 577. The highest BCUT2D eigenvalue weighted by molar-refractivity contribution is 5.91. The summed E-state index contributed by atoms with van der Waals surface area (Å²) in [5.41, 5.74) is 0.985. The highest BCUT2D eigenvalue weighted by Gasteiger charge is 2.61. The second-order valence-electron chi connectivity index (χ2n) is 8.52. The predicted octanol–water partition coefficient (Wildman–Crippen LogP) is 3.06. The first-order valence-corrected chi connectivity index (χ1v) is 8.81. The standard InChI is InChI=1S/C19H26O3/c1-18-7-5-12(20)9-11(18)10-15(21)17-13-3-4-16(22)19(13,2)8-6-14(17)18/h9,12-14,17,20H,3-8,10H2,1-2H3/t12-,13+,14+,17+,18+,19+/m1/s1. The van der Waals surface area contributed by atoms with E-state index < -0.39 is 0 Å². The van der Waals surface area contributed by atoms with Crippen molar-refractivity contribution in [3.63, 3.8) is 0 Å². The second-order valence-corrected chi connectivity index (χ2v) is 8.52. The summed E-state index contributed by atoms with van der Waals surface area (Å²) >= 11 is 0. The van der Waals surface area contributed by atoms with Gasteiger partial charge in [-0.15, -0.1) is 0 Å². The van der Waals surface area contributed by atoms with E-state index in [0.717, 1.165) is 32.1 Å². The summed E-state index contributed by atoms with van der Waals surface area (Å²) in [6, 6.07) is 0. The summed E-state index contributed by atoms with van der Waals surface area (Å²) in [6.45, 7) is 4.41. The molecule has 3 fully saturated rings. The lowest BCUT2D eigenvalue weighted by molar-refractivity contribution is -0.143. The van der Waals surface area contributed by atoms with Crippen LogP contribution >= 0.6 is 0 Å². The van der Waals surface area contributed by atoms with E-state index in [1.54, 1.807) is 0 Å².